The van der Waals surface area contributed by atoms with E-state index >= 15 is 0 Å². The molecule has 2 aliphatic rings. The lowest BCUT2D eigenvalue weighted by Crippen LogP contribution is -2.57. The first kappa shape index (κ1) is 12.7. The van der Waals surface area contributed by atoms with Crippen LogP contribution in [0.15, 0.2) is 4.99 Å². The lowest BCUT2D eigenvalue weighted by atomic mass is 10.1. The molecule has 0 N–H and O–H groups in total. The molecule has 1 saturated heterocycles. The van der Waals surface area contributed by atoms with Gasteiger partial charge in [0.2, 0.25) is 11.8 Å². The normalized spacial score (nSPS) is 23.8. The van der Waals surface area contributed by atoms with Crippen molar-refractivity contribution >= 4 is 24.1 Å². The Hall–Kier alpha value is -1.72. The van der Waals surface area contributed by atoms with Crippen LogP contribution in [0.1, 0.15) is 25.7 Å². The van der Waals surface area contributed by atoms with Gasteiger partial charge in [-0.2, -0.15) is 0 Å². The van der Waals surface area contributed by atoms with Crippen LogP contribution in [-0.4, -0.2) is 54.0 Å². The molecule has 1 aliphatic carbocycles. The van der Waals surface area contributed by atoms with Crippen LogP contribution in [0, 0.1) is 5.92 Å². The average molecular weight is 251 g/mol. The quantitative estimate of drug-likeness (QED) is 0.535. The van der Waals surface area contributed by atoms with E-state index in [1.165, 1.54) is 20.3 Å². The molecule has 6 heteroatoms. The molecule has 2 fully saturated rings. The highest BCUT2D eigenvalue weighted by molar-refractivity contribution is 6.23. The molecule has 0 spiro atoms. The summed E-state index contributed by atoms with van der Waals surface area (Å²) in [7, 11) is 2.76. The van der Waals surface area contributed by atoms with Crippen LogP contribution in [-0.2, 0) is 9.59 Å². The Morgan fingerprint density at radius 3 is 2.06 bits per heavy atom. The highest BCUT2D eigenvalue weighted by Crippen LogP contribution is 2.21. The average Bonchev–Trinajstić information content (AvgIpc) is 2.87. The summed E-state index contributed by atoms with van der Waals surface area (Å²) in [4.78, 5) is 41.5. The van der Waals surface area contributed by atoms with E-state index in [4.69, 9.17) is 0 Å². The van der Waals surface area contributed by atoms with Crippen molar-refractivity contribution in [2.45, 2.75) is 31.7 Å². The third kappa shape index (κ3) is 2.14. The van der Waals surface area contributed by atoms with E-state index in [2.05, 4.69) is 4.99 Å². The first-order chi connectivity index (χ1) is 8.52. The summed E-state index contributed by atoms with van der Waals surface area (Å²) in [6, 6.07) is -0.366. The number of urea groups is 1. The minimum absolute atomic E-state index is 0.221. The van der Waals surface area contributed by atoms with Crippen molar-refractivity contribution in [1.82, 2.24) is 9.80 Å². The third-order valence-corrected chi connectivity index (χ3v) is 3.54. The Bertz CT molecular complexity index is 389. The van der Waals surface area contributed by atoms with Crippen molar-refractivity contribution in [2.24, 2.45) is 10.9 Å². The number of nitrogens with zero attached hydrogens (tertiary/aromatic N) is 3. The fourth-order valence-electron chi connectivity index (χ4n) is 2.33. The van der Waals surface area contributed by atoms with Gasteiger partial charge in [-0.15, -0.1) is 0 Å². The van der Waals surface area contributed by atoms with E-state index in [0.717, 1.165) is 35.5 Å². The fraction of sp³-hybridized carbons (Fsp3) is 0.667. The SMILES string of the molecule is CN1C(=O)C(C=NC2CCCC2)C(=O)N(C)C1=O. The molecule has 18 heavy (non-hydrogen) atoms. The topological polar surface area (TPSA) is 70.1 Å². The first-order valence-electron chi connectivity index (χ1n) is 6.14. The van der Waals surface area contributed by atoms with Crippen LogP contribution in [0.4, 0.5) is 4.79 Å². The molecule has 1 aliphatic heterocycles. The van der Waals surface area contributed by atoms with Gasteiger partial charge in [-0.1, -0.05) is 12.8 Å². The van der Waals surface area contributed by atoms with Crippen LogP contribution in [0.5, 0.6) is 0 Å². The smallest absolute Gasteiger partial charge is 0.293 e. The first-order valence-corrected chi connectivity index (χ1v) is 6.14. The van der Waals surface area contributed by atoms with E-state index in [1.807, 2.05) is 0 Å². The fourth-order valence-corrected chi connectivity index (χ4v) is 2.33. The molecular weight excluding hydrogens is 234 g/mol. The highest BCUT2D eigenvalue weighted by Gasteiger charge is 2.41. The van der Waals surface area contributed by atoms with Crippen LogP contribution in [0.3, 0.4) is 0 Å². The minimum Gasteiger partial charge on any atom is -0.293 e. The molecule has 2 rings (SSSR count). The Morgan fingerprint density at radius 2 is 1.56 bits per heavy atom. The number of imide groups is 2. The molecule has 0 radical (unpaired) electrons. The molecule has 4 amide bonds. The molecule has 0 atom stereocenters. The summed E-state index contributed by atoms with van der Waals surface area (Å²) in [6.45, 7) is 0. The zero-order chi connectivity index (χ0) is 13.3. The van der Waals surface area contributed by atoms with Crippen molar-refractivity contribution in [3.8, 4) is 0 Å². The largest absolute Gasteiger partial charge is 0.332 e. The van der Waals surface area contributed by atoms with Gasteiger partial charge in [-0.3, -0.25) is 24.4 Å². The maximum Gasteiger partial charge on any atom is 0.332 e. The lowest BCUT2D eigenvalue weighted by Gasteiger charge is -2.31. The summed E-state index contributed by atoms with van der Waals surface area (Å²) in [5, 5.41) is 0. The Kier molecular flexibility index (Phi) is 3.45. The summed E-state index contributed by atoms with van der Waals surface area (Å²) < 4.78 is 0. The number of hydrogen-bond donors (Lipinski definition) is 0. The van der Waals surface area contributed by atoms with Gasteiger partial charge in [0.25, 0.3) is 0 Å². The summed E-state index contributed by atoms with van der Waals surface area (Å²) in [6.07, 6.45) is 5.73. The number of rotatable bonds is 2. The number of carbonyl (C=O) groups is 3. The second-order valence-electron chi connectivity index (χ2n) is 4.79. The number of barbiturate groups is 1. The van der Waals surface area contributed by atoms with Crippen molar-refractivity contribution in [3.05, 3.63) is 0 Å². The predicted octanol–water partition coefficient (Wildman–Crippen LogP) is 0.666. The molecule has 0 aromatic carbocycles. The van der Waals surface area contributed by atoms with Gasteiger partial charge in [0, 0.05) is 26.4 Å². The minimum atomic E-state index is -0.946. The number of aliphatic imine (C=N–C) groups is 1. The van der Waals surface area contributed by atoms with Gasteiger partial charge in [-0.25, -0.2) is 4.79 Å². The number of carbonyl (C=O) groups excluding carboxylic acids is 3. The Balaban J connectivity index is 2.12. The predicted molar refractivity (Wildman–Crippen MR) is 65.2 cm³/mol. The molecule has 0 aromatic rings. The molecule has 0 aromatic heterocycles. The maximum absolute atomic E-state index is 11.9. The summed E-state index contributed by atoms with van der Waals surface area (Å²) in [5.74, 6) is -1.94. The molecule has 6 nitrogen and oxygen atoms in total. The van der Waals surface area contributed by atoms with E-state index in [1.54, 1.807) is 0 Å². The summed E-state index contributed by atoms with van der Waals surface area (Å²) >= 11 is 0. The van der Waals surface area contributed by atoms with Crippen molar-refractivity contribution in [2.75, 3.05) is 14.1 Å². The molecule has 1 saturated carbocycles. The number of hydrogen-bond acceptors (Lipinski definition) is 4. The second-order valence-corrected chi connectivity index (χ2v) is 4.79. The van der Waals surface area contributed by atoms with Gasteiger partial charge in [-0.05, 0) is 12.8 Å². The van der Waals surface area contributed by atoms with Gasteiger partial charge in [0.05, 0.1) is 0 Å². The monoisotopic (exact) mass is 251 g/mol. The molecule has 1 heterocycles. The van der Waals surface area contributed by atoms with Crippen molar-refractivity contribution in [3.63, 3.8) is 0 Å². The molecule has 0 bridgehead atoms. The zero-order valence-corrected chi connectivity index (χ0v) is 10.6. The van der Waals surface area contributed by atoms with Crippen LogP contribution in [0.25, 0.3) is 0 Å². The molecular formula is C12H17N3O3. The molecule has 0 unspecified atom stereocenters. The van der Waals surface area contributed by atoms with E-state index in [0.29, 0.717) is 0 Å². The standard InChI is InChI=1S/C12H17N3O3/c1-14-10(16)9(11(17)15(2)12(14)18)7-13-8-5-3-4-6-8/h7-9H,3-6H2,1-2H3. The van der Waals surface area contributed by atoms with E-state index in [-0.39, 0.29) is 6.04 Å². The van der Waals surface area contributed by atoms with Gasteiger partial charge in [0.15, 0.2) is 5.92 Å². The Labute approximate surface area is 106 Å². The Morgan fingerprint density at radius 1 is 1.06 bits per heavy atom. The number of amides is 4. The van der Waals surface area contributed by atoms with Gasteiger partial charge < -0.3 is 0 Å². The van der Waals surface area contributed by atoms with Gasteiger partial charge >= 0.3 is 6.03 Å². The zero-order valence-electron chi connectivity index (χ0n) is 10.6. The highest BCUT2D eigenvalue weighted by atomic mass is 16.2. The van der Waals surface area contributed by atoms with Crippen LogP contribution >= 0.6 is 0 Å². The second kappa shape index (κ2) is 4.88. The lowest BCUT2D eigenvalue weighted by molar-refractivity contribution is -0.144. The van der Waals surface area contributed by atoms with E-state index in [9.17, 15) is 14.4 Å². The third-order valence-electron chi connectivity index (χ3n) is 3.54. The van der Waals surface area contributed by atoms with Crippen molar-refractivity contribution < 1.29 is 14.4 Å². The maximum atomic E-state index is 11.9. The van der Waals surface area contributed by atoms with Crippen molar-refractivity contribution in [1.29, 1.82) is 0 Å². The summed E-state index contributed by atoms with van der Waals surface area (Å²) in [5.41, 5.74) is 0. The van der Waals surface area contributed by atoms with E-state index < -0.39 is 23.8 Å². The molecule has 98 valence electrons. The van der Waals surface area contributed by atoms with Crippen LogP contribution in [0.2, 0.25) is 0 Å². The van der Waals surface area contributed by atoms with Crippen LogP contribution < -0.4 is 0 Å². The van der Waals surface area contributed by atoms with Gasteiger partial charge in [0.1, 0.15) is 0 Å².